The van der Waals surface area contributed by atoms with Gasteiger partial charge in [0.15, 0.2) is 0 Å². The van der Waals surface area contributed by atoms with Crippen LogP contribution in [0.4, 0.5) is 5.82 Å². The zero-order valence-electron chi connectivity index (χ0n) is 14.9. The van der Waals surface area contributed by atoms with Crippen molar-refractivity contribution in [2.75, 3.05) is 38.7 Å². The Balaban J connectivity index is 1.53. The highest BCUT2D eigenvalue weighted by atomic mass is 16.5. The zero-order valence-corrected chi connectivity index (χ0v) is 14.9. The second kappa shape index (κ2) is 7.65. The van der Waals surface area contributed by atoms with Gasteiger partial charge in [-0.25, -0.2) is 9.97 Å². The van der Waals surface area contributed by atoms with Crippen molar-refractivity contribution in [3.63, 3.8) is 0 Å². The van der Waals surface area contributed by atoms with Crippen LogP contribution in [0, 0.1) is 13.8 Å². The molecule has 1 amide bonds. The van der Waals surface area contributed by atoms with Crippen LogP contribution in [0.2, 0.25) is 0 Å². The monoisotopic (exact) mass is 344 g/mol. The van der Waals surface area contributed by atoms with Crippen LogP contribution in [-0.4, -0.2) is 54.1 Å². The van der Waals surface area contributed by atoms with Crippen LogP contribution in [-0.2, 0) is 4.74 Å². The SMILES string of the molecule is Cc1cc(C(=O)N(C)CCNc2cc(C3CCOC3)ncn2)c(C)o1. The molecule has 1 saturated heterocycles. The van der Waals surface area contributed by atoms with Gasteiger partial charge in [-0.15, -0.1) is 0 Å². The lowest BCUT2D eigenvalue weighted by molar-refractivity contribution is 0.0798. The third-order valence-electron chi connectivity index (χ3n) is 4.41. The number of aryl methyl sites for hydroxylation is 2. The van der Waals surface area contributed by atoms with Crippen LogP contribution in [0.3, 0.4) is 0 Å². The van der Waals surface area contributed by atoms with Crippen molar-refractivity contribution in [3.05, 3.63) is 41.2 Å². The minimum absolute atomic E-state index is 0.0392. The second-order valence-electron chi connectivity index (χ2n) is 6.37. The highest BCUT2D eigenvalue weighted by Crippen LogP contribution is 2.24. The van der Waals surface area contributed by atoms with Crippen LogP contribution in [0.15, 0.2) is 22.9 Å². The van der Waals surface area contributed by atoms with E-state index in [0.717, 1.165) is 36.9 Å². The number of ether oxygens (including phenoxy) is 1. The van der Waals surface area contributed by atoms with Gasteiger partial charge in [0.2, 0.25) is 0 Å². The first-order chi connectivity index (χ1) is 12.0. The Morgan fingerprint density at radius 1 is 1.36 bits per heavy atom. The van der Waals surface area contributed by atoms with E-state index in [2.05, 4.69) is 15.3 Å². The normalized spacial score (nSPS) is 16.8. The Bertz CT molecular complexity index is 738. The van der Waals surface area contributed by atoms with Crippen molar-refractivity contribution in [1.82, 2.24) is 14.9 Å². The van der Waals surface area contributed by atoms with E-state index in [0.29, 0.717) is 30.3 Å². The number of aromatic nitrogens is 2. The third-order valence-corrected chi connectivity index (χ3v) is 4.41. The molecule has 1 unspecified atom stereocenters. The number of furan rings is 1. The Morgan fingerprint density at radius 2 is 2.20 bits per heavy atom. The van der Waals surface area contributed by atoms with E-state index in [1.165, 1.54) is 0 Å². The molecule has 7 heteroatoms. The number of amides is 1. The van der Waals surface area contributed by atoms with Gasteiger partial charge in [-0.05, 0) is 26.3 Å². The van der Waals surface area contributed by atoms with E-state index in [-0.39, 0.29) is 5.91 Å². The third kappa shape index (κ3) is 4.17. The summed E-state index contributed by atoms with van der Waals surface area (Å²) in [4.78, 5) is 22.7. The average Bonchev–Trinajstić information content (AvgIpc) is 3.24. The molecule has 1 atom stereocenters. The number of rotatable bonds is 6. The van der Waals surface area contributed by atoms with E-state index in [1.807, 2.05) is 19.9 Å². The number of hydrogen-bond acceptors (Lipinski definition) is 6. The van der Waals surface area contributed by atoms with Gasteiger partial charge in [-0.2, -0.15) is 0 Å². The summed E-state index contributed by atoms with van der Waals surface area (Å²) >= 11 is 0. The fourth-order valence-corrected chi connectivity index (χ4v) is 2.96. The summed E-state index contributed by atoms with van der Waals surface area (Å²) in [6.45, 7) is 6.33. The number of carbonyl (C=O) groups is 1. The molecule has 2 aromatic heterocycles. The van der Waals surface area contributed by atoms with Crippen molar-refractivity contribution < 1.29 is 13.9 Å². The summed E-state index contributed by atoms with van der Waals surface area (Å²) in [7, 11) is 1.78. The first-order valence-corrected chi connectivity index (χ1v) is 8.50. The van der Waals surface area contributed by atoms with Crippen LogP contribution in [0.5, 0.6) is 0 Å². The molecule has 0 radical (unpaired) electrons. The second-order valence-corrected chi connectivity index (χ2v) is 6.37. The summed E-state index contributed by atoms with van der Waals surface area (Å²) in [6, 6.07) is 3.74. The molecule has 0 spiro atoms. The molecule has 0 saturated carbocycles. The quantitative estimate of drug-likeness (QED) is 0.866. The molecule has 134 valence electrons. The van der Waals surface area contributed by atoms with E-state index >= 15 is 0 Å². The Morgan fingerprint density at radius 3 is 2.88 bits per heavy atom. The van der Waals surface area contributed by atoms with Crippen molar-refractivity contribution >= 4 is 11.7 Å². The lowest BCUT2D eigenvalue weighted by Gasteiger charge is -2.17. The highest BCUT2D eigenvalue weighted by molar-refractivity contribution is 5.95. The first-order valence-electron chi connectivity index (χ1n) is 8.50. The molecule has 3 heterocycles. The van der Waals surface area contributed by atoms with Crippen LogP contribution >= 0.6 is 0 Å². The topological polar surface area (TPSA) is 80.5 Å². The number of anilines is 1. The molecule has 2 aromatic rings. The van der Waals surface area contributed by atoms with Crippen molar-refractivity contribution in [2.45, 2.75) is 26.2 Å². The summed E-state index contributed by atoms with van der Waals surface area (Å²) in [5, 5.41) is 3.26. The van der Waals surface area contributed by atoms with Crippen molar-refractivity contribution in [3.8, 4) is 0 Å². The van der Waals surface area contributed by atoms with E-state index in [1.54, 1.807) is 24.3 Å². The molecule has 0 aliphatic carbocycles. The van der Waals surface area contributed by atoms with Gasteiger partial charge in [0.1, 0.15) is 23.7 Å². The molecule has 0 aromatic carbocycles. The number of likely N-dealkylation sites (N-methyl/N-ethyl adjacent to an activating group) is 1. The molecular weight excluding hydrogens is 320 g/mol. The van der Waals surface area contributed by atoms with Gasteiger partial charge in [0.05, 0.1) is 17.9 Å². The molecular formula is C18H24N4O3. The standard InChI is InChI=1S/C18H24N4O3/c1-12-8-15(13(2)25-12)18(23)22(3)6-5-19-17-9-16(20-11-21-17)14-4-7-24-10-14/h8-9,11,14H,4-7,10H2,1-3H3,(H,19,20,21). The van der Waals surface area contributed by atoms with E-state index < -0.39 is 0 Å². The minimum atomic E-state index is -0.0392. The summed E-state index contributed by atoms with van der Waals surface area (Å²) in [5.41, 5.74) is 1.62. The summed E-state index contributed by atoms with van der Waals surface area (Å²) < 4.78 is 10.8. The number of hydrogen-bond donors (Lipinski definition) is 1. The minimum Gasteiger partial charge on any atom is -0.466 e. The fourth-order valence-electron chi connectivity index (χ4n) is 2.96. The van der Waals surface area contributed by atoms with Crippen molar-refractivity contribution in [2.24, 2.45) is 0 Å². The maximum absolute atomic E-state index is 12.4. The molecule has 0 bridgehead atoms. The number of nitrogens with zero attached hydrogens (tertiary/aromatic N) is 3. The highest BCUT2D eigenvalue weighted by Gasteiger charge is 2.20. The molecule has 25 heavy (non-hydrogen) atoms. The lowest BCUT2D eigenvalue weighted by Crippen LogP contribution is -2.31. The van der Waals surface area contributed by atoms with Gasteiger partial charge in [0, 0.05) is 38.7 Å². The molecule has 7 nitrogen and oxygen atoms in total. The Labute approximate surface area is 147 Å². The van der Waals surface area contributed by atoms with Gasteiger partial charge < -0.3 is 19.4 Å². The molecule has 1 fully saturated rings. The number of carbonyl (C=O) groups excluding carboxylic acids is 1. The van der Waals surface area contributed by atoms with E-state index in [4.69, 9.17) is 9.15 Å². The van der Waals surface area contributed by atoms with E-state index in [9.17, 15) is 4.79 Å². The molecule has 1 N–H and O–H groups in total. The van der Waals surface area contributed by atoms with Gasteiger partial charge in [0.25, 0.3) is 5.91 Å². The molecule has 1 aliphatic rings. The van der Waals surface area contributed by atoms with Gasteiger partial charge in [-0.3, -0.25) is 4.79 Å². The Hall–Kier alpha value is -2.41. The largest absolute Gasteiger partial charge is 0.466 e. The maximum Gasteiger partial charge on any atom is 0.257 e. The van der Waals surface area contributed by atoms with Crippen LogP contribution in [0.1, 0.15) is 39.9 Å². The van der Waals surface area contributed by atoms with Gasteiger partial charge in [-0.1, -0.05) is 0 Å². The predicted molar refractivity (Wildman–Crippen MR) is 93.8 cm³/mol. The maximum atomic E-state index is 12.4. The average molecular weight is 344 g/mol. The van der Waals surface area contributed by atoms with Gasteiger partial charge >= 0.3 is 0 Å². The zero-order chi connectivity index (χ0) is 17.8. The van der Waals surface area contributed by atoms with Crippen molar-refractivity contribution in [1.29, 1.82) is 0 Å². The first kappa shape index (κ1) is 17.4. The Kier molecular flexibility index (Phi) is 5.33. The van der Waals surface area contributed by atoms with Crippen LogP contribution in [0.25, 0.3) is 0 Å². The summed E-state index contributed by atoms with van der Waals surface area (Å²) in [5.74, 6) is 2.48. The molecule has 3 rings (SSSR count). The lowest BCUT2D eigenvalue weighted by atomic mass is 10.1. The number of nitrogens with one attached hydrogen (secondary N) is 1. The fraction of sp³-hybridized carbons (Fsp3) is 0.500. The smallest absolute Gasteiger partial charge is 0.257 e. The van der Waals surface area contributed by atoms with Crippen LogP contribution < -0.4 is 5.32 Å². The summed E-state index contributed by atoms with van der Waals surface area (Å²) in [6.07, 6.45) is 2.57. The predicted octanol–water partition coefficient (Wildman–Crippen LogP) is 2.37. The molecule has 1 aliphatic heterocycles.